The van der Waals surface area contributed by atoms with Gasteiger partial charge in [-0.1, -0.05) is 27.7 Å². The molecular weight excluding hydrogens is 252 g/mol. The van der Waals surface area contributed by atoms with E-state index in [-0.39, 0.29) is 33.8 Å². The molecule has 1 aliphatic carbocycles. The number of carbonyl (C=O) groups is 1. The number of H-pyrrole nitrogens is 1. The van der Waals surface area contributed by atoms with Crippen LogP contribution >= 0.6 is 0 Å². The average Bonchev–Trinajstić information content (AvgIpc) is 2.24. The van der Waals surface area contributed by atoms with E-state index in [1.807, 2.05) is 0 Å². The van der Waals surface area contributed by atoms with E-state index >= 15 is 0 Å². The van der Waals surface area contributed by atoms with Gasteiger partial charge < -0.3 is 10.3 Å². The van der Waals surface area contributed by atoms with Gasteiger partial charge in [-0.15, -0.1) is 0 Å². The number of hydrogen-bond donors (Lipinski definition) is 2. The number of hydrogen-bond acceptors (Lipinski definition) is 2. The molecule has 0 aromatic carbocycles. The summed E-state index contributed by atoms with van der Waals surface area (Å²) in [6, 6.07) is 1.50. The summed E-state index contributed by atoms with van der Waals surface area (Å²) in [4.78, 5) is 26.7. The van der Waals surface area contributed by atoms with E-state index in [1.165, 1.54) is 18.5 Å². The van der Waals surface area contributed by atoms with Gasteiger partial charge in [0.25, 0.3) is 5.91 Å². The van der Waals surface area contributed by atoms with Crippen LogP contribution in [-0.2, 0) is 0 Å². The molecule has 2 rings (SSSR count). The number of pyridine rings is 1. The Morgan fingerprint density at radius 2 is 1.85 bits per heavy atom. The molecule has 0 bridgehead atoms. The fourth-order valence-electron chi connectivity index (χ4n) is 3.80. The Hall–Kier alpha value is -1.58. The number of amides is 1. The minimum Gasteiger partial charge on any atom is -0.367 e. The van der Waals surface area contributed by atoms with Gasteiger partial charge in [-0.25, -0.2) is 0 Å². The Morgan fingerprint density at radius 3 is 2.40 bits per heavy atom. The largest absolute Gasteiger partial charge is 0.367 e. The van der Waals surface area contributed by atoms with Crippen LogP contribution in [0.3, 0.4) is 0 Å². The lowest BCUT2D eigenvalue weighted by atomic mass is 9.63. The van der Waals surface area contributed by atoms with Crippen molar-refractivity contribution in [2.45, 2.75) is 53.0 Å². The molecule has 1 aliphatic rings. The molecule has 0 radical (unpaired) electrons. The molecule has 1 saturated carbocycles. The lowest BCUT2D eigenvalue weighted by Gasteiger charge is -2.45. The fraction of sp³-hybridized carbons (Fsp3) is 0.625. The first-order valence-electron chi connectivity index (χ1n) is 7.17. The number of aromatic nitrogens is 1. The van der Waals surface area contributed by atoms with Crippen molar-refractivity contribution in [2.75, 3.05) is 0 Å². The standard InChI is InChI=1S/C16H24N2O2/c1-15(2)7-11(8-16(3,4)10-15)18-14(20)12-9-17-6-5-13(12)19/h5-6,9,11H,7-8,10H2,1-4H3,(H,17,19)(H,18,20). The molecule has 0 saturated heterocycles. The van der Waals surface area contributed by atoms with Gasteiger partial charge in [0.15, 0.2) is 5.43 Å². The molecule has 110 valence electrons. The van der Waals surface area contributed by atoms with Crippen molar-refractivity contribution in [1.82, 2.24) is 10.3 Å². The second kappa shape index (κ2) is 5.08. The van der Waals surface area contributed by atoms with Crippen molar-refractivity contribution in [3.63, 3.8) is 0 Å². The third-order valence-corrected chi connectivity index (χ3v) is 3.96. The molecule has 1 heterocycles. The molecular formula is C16H24N2O2. The van der Waals surface area contributed by atoms with E-state index in [2.05, 4.69) is 38.0 Å². The van der Waals surface area contributed by atoms with Crippen LogP contribution in [-0.4, -0.2) is 16.9 Å². The first-order valence-corrected chi connectivity index (χ1v) is 7.17. The maximum atomic E-state index is 12.2. The normalized spacial score (nSPS) is 21.4. The van der Waals surface area contributed by atoms with E-state index in [4.69, 9.17) is 0 Å². The lowest BCUT2D eigenvalue weighted by Crippen LogP contribution is -2.46. The number of nitrogens with one attached hydrogen (secondary N) is 2. The highest BCUT2D eigenvalue weighted by molar-refractivity contribution is 5.93. The Balaban J connectivity index is 2.12. The Labute approximate surface area is 120 Å². The summed E-state index contributed by atoms with van der Waals surface area (Å²) in [7, 11) is 0. The molecule has 0 aliphatic heterocycles. The first-order chi connectivity index (χ1) is 9.19. The summed E-state index contributed by atoms with van der Waals surface area (Å²) in [5.74, 6) is -0.273. The summed E-state index contributed by atoms with van der Waals surface area (Å²) < 4.78 is 0. The summed E-state index contributed by atoms with van der Waals surface area (Å²) in [6.45, 7) is 8.95. The number of aromatic amines is 1. The predicted octanol–water partition coefficient (Wildman–Crippen LogP) is 2.71. The minimum absolute atomic E-state index is 0.126. The van der Waals surface area contributed by atoms with Gasteiger partial charge in [0.2, 0.25) is 0 Å². The van der Waals surface area contributed by atoms with E-state index in [1.54, 1.807) is 0 Å². The van der Waals surface area contributed by atoms with Gasteiger partial charge in [0, 0.05) is 24.5 Å². The minimum atomic E-state index is -0.273. The highest BCUT2D eigenvalue weighted by Crippen LogP contribution is 2.45. The van der Waals surface area contributed by atoms with Crippen molar-refractivity contribution in [1.29, 1.82) is 0 Å². The van der Waals surface area contributed by atoms with Gasteiger partial charge in [-0.3, -0.25) is 9.59 Å². The number of carbonyl (C=O) groups excluding carboxylic acids is 1. The smallest absolute Gasteiger partial charge is 0.256 e. The first kappa shape index (κ1) is 14.8. The number of rotatable bonds is 2. The summed E-state index contributed by atoms with van der Waals surface area (Å²) in [6.07, 6.45) is 6.06. The highest BCUT2D eigenvalue weighted by atomic mass is 16.2. The van der Waals surface area contributed by atoms with Crippen LogP contribution in [0.4, 0.5) is 0 Å². The van der Waals surface area contributed by atoms with Crippen LogP contribution in [0, 0.1) is 10.8 Å². The van der Waals surface area contributed by atoms with E-state index < -0.39 is 0 Å². The van der Waals surface area contributed by atoms with E-state index in [0.29, 0.717) is 0 Å². The molecule has 1 fully saturated rings. The van der Waals surface area contributed by atoms with Crippen LogP contribution in [0.2, 0.25) is 0 Å². The molecule has 0 unspecified atom stereocenters. The Morgan fingerprint density at radius 1 is 1.25 bits per heavy atom. The van der Waals surface area contributed by atoms with Crippen LogP contribution in [0.5, 0.6) is 0 Å². The molecule has 1 amide bonds. The van der Waals surface area contributed by atoms with Crippen LogP contribution in [0.25, 0.3) is 0 Å². The van der Waals surface area contributed by atoms with Gasteiger partial charge in [-0.2, -0.15) is 0 Å². The van der Waals surface area contributed by atoms with E-state index in [0.717, 1.165) is 19.3 Å². The third-order valence-electron chi connectivity index (χ3n) is 3.96. The van der Waals surface area contributed by atoms with Crippen molar-refractivity contribution < 1.29 is 4.79 Å². The van der Waals surface area contributed by atoms with Crippen LogP contribution in [0.15, 0.2) is 23.3 Å². The zero-order valence-corrected chi connectivity index (χ0v) is 12.7. The Kier molecular flexibility index (Phi) is 3.76. The maximum Gasteiger partial charge on any atom is 0.256 e. The van der Waals surface area contributed by atoms with Gasteiger partial charge >= 0.3 is 0 Å². The molecule has 0 spiro atoms. The van der Waals surface area contributed by atoms with E-state index in [9.17, 15) is 9.59 Å². The van der Waals surface area contributed by atoms with Crippen LogP contribution in [0.1, 0.15) is 57.3 Å². The van der Waals surface area contributed by atoms with Crippen molar-refractivity contribution in [3.05, 3.63) is 34.2 Å². The maximum absolute atomic E-state index is 12.2. The molecule has 4 heteroatoms. The summed E-state index contributed by atoms with van der Waals surface area (Å²) in [5.41, 5.74) is 0.371. The van der Waals surface area contributed by atoms with Gasteiger partial charge in [0.1, 0.15) is 5.56 Å². The Bertz CT molecular complexity index is 542. The third kappa shape index (κ3) is 3.50. The second-order valence-corrected chi connectivity index (χ2v) is 7.51. The highest BCUT2D eigenvalue weighted by Gasteiger charge is 2.39. The van der Waals surface area contributed by atoms with Crippen molar-refractivity contribution >= 4 is 5.91 Å². The monoisotopic (exact) mass is 276 g/mol. The molecule has 1 aromatic heterocycles. The average molecular weight is 276 g/mol. The molecule has 4 nitrogen and oxygen atoms in total. The second-order valence-electron chi connectivity index (χ2n) is 7.51. The zero-order chi connectivity index (χ0) is 15.0. The van der Waals surface area contributed by atoms with Gasteiger partial charge in [-0.05, 0) is 30.1 Å². The fourth-order valence-corrected chi connectivity index (χ4v) is 3.80. The summed E-state index contributed by atoms with van der Waals surface area (Å²) in [5, 5.41) is 3.03. The molecule has 20 heavy (non-hydrogen) atoms. The lowest BCUT2D eigenvalue weighted by molar-refractivity contribution is 0.0713. The zero-order valence-electron chi connectivity index (χ0n) is 12.7. The van der Waals surface area contributed by atoms with Crippen LogP contribution < -0.4 is 10.7 Å². The molecule has 0 atom stereocenters. The molecule has 1 aromatic rings. The van der Waals surface area contributed by atoms with Crippen molar-refractivity contribution in [2.24, 2.45) is 10.8 Å². The van der Waals surface area contributed by atoms with Gasteiger partial charge in [0.05, 0.1) is 0 Å². The SMILES string of the molecule is CC1(C)CC(NC(=O)c2c[nH]ccc2=O)CC(C)(C)C1. The predicted molar refractivity (Wildman–Crippen MR) is 79.7 cm³/mol. The summed E-state index contributed by atoms with van der Waals surface area (Å²) >= 11 is 0. The van der Waals surface area contributed by atoms with Crippen molar-refractivity contribution in [3.8, 4) is 0 Å². The molecule has 2 N–H and O–H groups in total. The topological polar surface area (TPSA) is 62.0 Å². The quantitative estimate of drug-likeness (QED) is 0.872.